The maximum atomic E-state index is 11.6. The van der Waals surface area contributed by atoms with Gasteiger partial charge in [-0.1, -0.05) is 42.5 Å². The normalized spacial score (nSPS) is 16.3. The van der Waals surface area contributed by atoms with Gasteiger partial charge in [-0.2, -0.15) is 0 Å². The van der Waals surface area contributed by atoms with Gasteiger partial charge in [0.15, 0.2) is 0 Å². The number of hydrogen-bond acceptors (Lipinski definition) is 2. The van der Waals surface area contributed by atoms with E-state index in [2.05, 4.69) is 47.4 Å². The van der Waals surface area contributed by atoms with E-state index in [1.807, 2.05) is 4.90 Å². The number of carbonyl (C=O) groups is 1. The van der Waals surface area contributed by atoms with Crippen molar-refractivity contribution < 1.29 is 4.79 Å². The molecule has 0 unspecified atom stereocenters. The molecule has 1 aliphatic rings. The minimum Gasteiger partial charge on any atom is -0.339 e. The fourth-order valence-electron chi connectivity index (χ4n) is 2.91. The molecule has 2 aromatic rings. The molecule has 0 spiro atoms. The molecule has 0 aromatic heterocycles. The average Bonchev–Trinajstić information content (AvgIpc) is 2.55. The number of rotatable bonds is 3. The Hall–Kier alpha value is -1.58. The fourth-order valence-corrected chi connectivity index (χ4v) is 3.08. The van der Waals surface area contributed by atoms with E-state index < -0.39 is 0 Å². The van der Waals surface area contributed by atoms with Crippen molar-refractivity contribution >= 4 is 28.3 Å². The van der Waals surface area contributed by atoms with Gasteiger partial charge in [-0.15, -0.1) is 11.6 Å². The van der Waals surface area contributed by atoms with Crippen LogP contribution in [0.4, 0.5) is 0 Å². The summed E-state index contributed by atoms with van der Waals surface area (Å²) >= 11 is 5.61. The number of halogens is 1. The average molecular weight is 303 g/mol. The van der Waals surface area contributed by atoms with Crippen molar-refractivity contribution in [2.45, 2.75) is 6.54 Å². The Balaban J connectivity index is 1.69. The molecule has 0 aliphatic carbocycles. The highest BCUT2D eigenvalue weighted by molar-refractivity contribution is 6.27. The van der Waals surface area contributed by atoms with Gasteiger partial charge in [0.2, 0.25) is 5.91 Å². The SMILES string of the molecule is O=C(CCl)N1CCN(Cc2cccc3ccccc23)CC1. The number of piperazine rings is 1. The van der Waals surface area contributed by atoms with Gasteiger partial charge in [0, 0.05) is 32.7 Å². The number of hydrogen-bond donors (Lipinski definition) is 0. The van der Waals surface area contributed by atoms with E-state index in [4.69, 9.17) is 11.6 Å². The van der Waals surface area contributed by atoms with Crippen LogP contribution in [0.25, 0.3) is 10.8 Å². The summed E-state index contributed by atoms with van der Waals surface area (Å²) in [7, 11) is 0. The predicted molar refractivity (Wildman–Crippen MR) is 86.5 cm³/mol. The first-order valence-corrected chi connectivity index (χ1v) is 7.84. The molecule has 4 heteroatoms. The summed E-state index contributed by atoms with van der Waals surface area (Å²) in [5.41, 5.74) is 1.35. The van der Waals surface area contributed by atoms with E-state index >= 15 is 0 Å². The van der Waals surface area contributed by atoms with E-state index in [1.165, 1.54) is 16.3 Å². The Labute approximate surface area is 130 Å². The van der Waals surface area contributed by atoms with Gasteiger partial charge in [-0.3, -0.25) is 9.69 Å². The zero-order chi connectivity index (χ0) is 14.7. The highest BCUT2D eigenvalue weighted by Crippen LogP contribution is 2.20. The molecule has 1 heterocycles. The molecule has 1 fully saturated rings. The minimum atomic E-state index is 0.0430. The molecular formula is C17H19ClN2O. The molecule has 0 radical (unpaired) electrons. The van der Waals surface area contributed by atoms with Crippen molar-refractivity contribution in [3.8, 4) is 0 Å². The van der Waals surface area contributed by atoms with E-state index in [0.29, 0.717) is 0 Å². The second kappa shape index (κ2) is 6.46. The lowest BCUT2D eigenvalue weighted by Crippen LogP contribution is -2.48. The molecule has 0 bridgehead atoms. The van der Waals surface area contributed by atoms with Gasteiger partial charge in [0.1, 0.15) is 5.88 Å². The van der Waals surface area contributed by atoms with Crippen LogP contribution < -0.4 is 0 Å². The van der Waals surface area contributed by atoms with Crippen molar-refractivity contribution in [1.29, 1.82) is 0 Å². The summed E-state index contributed by atoms with van der Waals surface area (Å²) in [6.45, 7) is 4.30. The fraction of sp³-hybridized carbons (Fsp3) is 0.353. The first kappa shape index (κ1) is 14.4. The predicted octanol–water partition coefficient (Wildman–Crippen LogP) is 2.72. The number of carbonyl (C=O) groups excluding carboxylic acids is 1. The molecule has 0 saturated carbocycles. The highest BCUT2D eigenvalue weighted by Gasteiger charge is 2.20. The van der Waals surface area contributed by atoms with E-state index in [9.17, 15) is 4.79 Å². The number of benzene rings is 2. The Morgan fingerprint density at radius 1 is 1.00 bits per heavy atom. The van der Waals surface area contributed by atoms with Gasteiger partial charge in [0.25, 0.3) is 0 Å². The van der Waals surface area contributed by atoms with Crippen molar-refractivity contribution in [1.82, 2.24) is 9.80 Å². The van der Waals surface area contributed by atoms with E-state index in [1.54, 1.807) is 0 Å². The summed E-state index contributed by atoms with van der Waals surface area (Å²) < 4.78 is 0. The topological polar surface area (TPSA) is 23.6 Å². The zero-order valence-electron chi connectivity index (χ0n) is 12.0. The lowest BCUT2D eigenvalue weighted by atomic mass is 10.0. The summed E-state index contributed by atoms with van der Waals surface area (Å²) in [6, 6.07) is 14.9. The van der Waals surface area contributed by atoms with Crippen LogP contribution in [0.5, 0.6) is 0 Å². The molecule has 3 nitrogen and oxygen atoms in total. The summed E-state index contributed by atoms with van der Waals surface area (Å²) in [6.07, 6.45) is 0. The molecule has 1 saturated heterocycles. The molecule has 110 valence electrons. The van der Waals surface area contributed by atoms with Crippen LogP contribution in [-0.4, -0.2) is 47.8 Å². The first-order chi connectivity index (χ1) is 10.3. The van der Waals surface area contributed by atoms with Crippen LogP contribution in [0.2, 0.25) is 0 Å². The Bertz CT molecular complexity index is 630. The monoisotopic (exact) mass is 302 g/mol. The minimum absolute atomic E-state index is 0.0430. The van der Waals surface area contributed by atoms with Crippen molar-refractivity contribution in [2.75, 3.05) is 32.1 Å². The smallest absolute Gasteiger partial charge is 0.237 e. The molecule has 21 heavy (non-hydrogen) atoms. The third-order valence-electron chi connectivity index (χ3n) is 4.11. The van der Waals surface area contributed by atoms with Gasteiger partial charge in [-0.25, -0.2) is 0 Å². The highest BCUT2D eigenvalue weighted by atomic mass is 35.5. The zero-order valence-corrected chi connectivity index (χ0v) is 12.7. The molecule has 1 amide bonds. The second-order valence-corrected chi connectivity index (χ2v) is 5.70. The molecule has 2 aromatic carbocycles. The number of fused-ring (bicyclic) bond motifs is 1. The summed E-state index contributed by atoms with van der Waals surface area (Å²) in [5, 5.41) is 2.60. The van der Waals surface area contributed by atoms with Crippen LogP contribution in [0.3, 0.4) is 0 Å². The maximum Gasteiger partial charge on any atom is 0.237 e. The van der Waals surface area contributed by atoms with E-state index in [-0.39, 0.29) is 11.8 Å². The number of amides is 1. The van der Waals surface area contributed by atoms with Crippen LogP contribution in [0.15, 0.2) is 42.5 Å². The van der Waals surface area contributed by atoms with Gasteiger partial charge in [-0.05, 0) is 16.3 Å². The van der Waals surface area contributed by atoms with Crippen molar-refractivity contribution in [3.05, 3.63) is 48.0 Å². The van der Waals surface area contributed by atoms with Gasteiger partial charge < -0.3 is 4.90 Å². The largest absolute Gasteiger partial charge is 0.339 e. The van der Waals surface area contributed by atoms with Crippen LogP contribution in [0.1, 0.15) is 5.56 Å². The third kappa shape index (κ3) is 3.20. The van der Waals surface area contributed by atoms with Crippen molar-refractivity contribution in [3.63, 3.8) is 0 Å². The molecule has 1 aliphatic heterocycles. The Kier molecular flexibility index (Phi) is 4.42. The lowest BCUT2D eigenvalue weighted by Gasteiger charge is -2.34. The second-order valence-electron chi connectivity index (χ2n) is 5.43. The molecule has 0 atom stereocenters. The van der Waals surface area contributed by atoms with Gasteiger partial charge in [0.05, 0.1) is 0 Å². The maximum absolute atomic E-state index is 11.6. The van der Waals surface area contributed by atoms with Crippen LogP contribution in [0, 0.1) is 0 Å². The first-order valence-electron chi connectivity index (χ1n) is 7.30. The number of nitrogens with zero attached hydrogens (tertiary/aromatic N) is 2. The third-order valence-corrected chi connectivity index (χ3v) is 4.34. The lowest BCUT2D eigenvalue weighted by molar-refractivity contribution is -0.130. The summed E-state index contributed by atoms with van der Waals surface area (Å²) in [4.78, 5) is 15.8. The van der Waals surface area contributed by atoms with Gasteiger partial charge >= 0.3 is 0 Å². The molecule has 3 rings (SSSR count). The van der Waals surface area contributed by atoms with E-state index in [0.717, 1.165) is 32.7 Å². The Morgan fingerprint density at radius 3 is 2.48 bits per heavy atom. The van der Waals surface area contributed by atoms with Crippen LogP contribution >= 0.6 is 11.6 Å². The van der Waals surface area contributed by atoms with Crippen LogP contribution in [-0.2, 0) is 11.3 Å². The number of alkyl halides is 1. The molecule has 0 N–H and O–H groups in total. The standard InChI is InChI=1S/C17H19ClN2O/c18-12-17(21)20-10-8-19(9-11-20)13-15-6-3-5-14-4-1-2-7-16(14)15/h1-7H,8-13H2. The molecular weight excluding hydrogens is 284 g/mol. The Morgan fingerprint density at radius 2 is 1.71 bits per heavy atom. The quantitative estimate of drug-likeness (QED) is 0.814. The van der Waals surface area contributed by atoms with Crippen molar-refractivity contribution in [2.24, 2.45) is 0 Å². The summed E-state index contributed by atoms with van der Waals surface area (Å²) in [5.74, 6) is 0.130.